The Hall–Kier alpha value is -1.75. The maximum absolute atomic E-state index is 11.5. The molecule has 0 aliphatic carbocycles. The lowest BCUT2D eigenvalue weighted by Gasteiger charge is -2.02. The fourth-order valence-corrected chi connectivity index (χ4v) is 1.63. The third-order valence-corrected chi connectivity index (χ3v) is 2.63. The Morgan fingerprint density at radius 2 is 2.13 bits per heavy atom. The van der Waals surface area contributed by atoms with E-state index in [1.165, 1.54) is 11.3 Å². The van der Waals surface area contributed by atoms with Crippen LogP contribution >= 0.6 is 11.3 Å². The molecule has 2 heterocycles. The lowest BCUT2D eigenvalue weighted by Crippen LogP contribution is -2.21. The number of hydrogen-bond donors (Lipinski definition) is 1. The zero-order chi connectivity index (χ0) is 10.5. The first kappa shape index (κ1) is 9.79. The van der Waals surface area contributed by atoms with E-state index in [-0.39, 0.29) is 5.91 Å². The Labute approximate surface area is 91.0 Å². The summed E-state index contributed by atoms with van der Waals surface area (Å²) in [6, 6.07) is 3.74. The number of rotatable bonds is 3. The van der Waals surface area contributed by atoms with Gasteiger partial charge in [-0.3, -0.25) is 14.8 Å². The molecule has 2 rings (SSSR count). The Kier molecular flexibility index (Phi) is 3.04. The Morgan fingerprint density at radius 3 is 2.80 bits per heavy atom. The van der Waals surface area contributed by atoms with Crippen LogP contribution in [-0.4, -0.2) is 15.9 Å². The van der Waals surface area contributed by atoms with Crippen LogP contribution in [-0.2, 0) is 6.54 Å². The fraction of sp³-hybridized carbons (Fsp3) is 0.100. The number of nitrogens with one attached hydrogen (secondary N) is 1. The summed E-state index contributed by atoms with van der Waals surface area (Å²) in [5.41, 5.74) is 2.67. The number of thiazole rings is 1. The number of pyridine rings is 1. The minimum atomic E-state index is -0.0886. The van der Waals surface area contributed by atoms with Crippen molar-refractivity contribution in [2.45, 2.75) is 6.54 Å². The van der Waals surface area contributed by atoms with E-state index in [1.54, 1.807) is 24.1 Å². The van der Waals surface area contributed by atoms with E-state index in [4.69, 9.17) is 0 Å². The Bertz CT molecular complexity index is 427. The number of carbonyl (C=O) groups excluding carboxylic acids is 1. The molecule has 2 aromatic rings. The topological polar surface area (TPSA) is 54.9 Å². The smallest absolute Gasteiger partial charge is 0.263 e. The number of hydrogen-bond acceptors (Lipinski definition) is 4. The highest BCUT2D eigenvalue weighted by Gasteiger charge is 2.05. The molecule has 0 saturated carbocycles. The van der Waals surface area contributed by atoms with Crippen LogP contribution in [0.2, 0.25) is 0 Å². The van der Waals surface area contributed by atoms with Crippen molar-refractivity contribution in [3.63, 3.8) is 0 Å². The van der Waals surface area contributed by atoms with Crippen molar-refractivity contribution in [3.8, 4) is 0 Å². The average Bonchev–Trinajstić information content (AvgIpc) is 2.81. The van der Waals surface area contributed by atoms with Gasteiger partial charge < -0.3 is 5.32 Å². The summed E-state index contributed by atoms with van der Waals surface area (Å²) in [5.74, 6) is -0.0886. The lowest BCUT2D eigenvalue weighted by molar-refractivity contribution is 0.0955. The highest BCUT2D eigenvalue weighted by atomic mass is 32.1. The third kappa shape index (κ3) is 2.60. The summed E-state index contributed by atoms with van der Waals surface area (Å²) in [6.07, 6.45) is 4.97. The Balaban J connectivity index is 1.92. The number of carbonyl (C=O) groups is 1. The standard InChI is InChI=1S/C10H9N3OS/c14-10(9-6-12-7-15-9)13-5-8-1-3-11-4-2-8/h1-4,6-7H,5H2,(H,13,14). The third-order valence-electron chi connectivity index (χ3n) is 1.86. The van der Waals surface area contributed by atoms with Gasteiger partial charge in [-0.15, -0.1) is 11.3 Å². The van der Waals surface area contributed by atoms with Gasteiger partial charge in [0.1, 0.15) is 4.88 Å². The summed E-state index contributed by atoms with van der Waals surface area (Å²) in [7, 11) is 0. The van der Waals surface area contributed by atoms with Crippen LogP contribution in [0, 0.1) is 0 Å². The number of aromatic nitrogens is 2. The summed E-state index contributed by atoms with van der Waals surface area (Å²) in [5, 5.41) is 2.81. The Morgan fingerprint density at radius 1 is 1.33 bits per heavy atom. The van der Waals surface area contributed by atoms with Gasteiger partial charge in [0.15, 0.2) is 0 Å². The first-order chi connectivity index (χ1) is 7.36. The van der Waals surface area contributed by atoms with Gasteiger partial charge in [-0.25, -0.2) is 0 Å². The van der Waals surface area contributed by atoms with Crippen molar-refractivity contribution in [2.75, 3.05) is 0 Å². The highest BCUT2D eigenvalue weighted by molar-refractivity contribution is 7.11. The largest absolute Gasteiger partial charge is 0.347 e. The van der Waals surface area contributed by atoms with Crippen molar-refractivity contribution in [3.05, 3.63) is 46.7 Å². The first-order valence-corrected chi connectivity index (χ1v) is 5.30. The van der Waals surface area contributed by atoms with Crippen LogP contribution in [0.15, 0.2) is 36.2 Å². The van der Waals surface area contributed by atoms with Gasteiger partial charge in [0.25, 0.3) is 5.91 Å². The van der Waals surface area contributed by atoms with Gasteiger partial charge in [0.2, 0.25) is 0 Å². The van der Waals surface area contributed by atoms with Crippen LogP contribution in [0.25, 0.3) is 0 Å². The van der Waals surface area contributed by atoms with E-state index in [9.17, 15) is 4.79 Å². The average molecular weight is 219 g/mol. The zero-order valence-electron chi connectivity index (χ0n) is 7.88. The molecule has 0 bridgehead atoms. The molecule has 0 aliphatic rings. The summed E-state index contributed by atoms with van der Waals surface area (Å²) in [6.45, 7) is 0.513. The molecule has 1 N–H and O–H groups in total. The predicted octanol–water partition coefficient (Wildman–Crippen LogP) is 1.47. The maximum atomic E-state index is 11.5. The maximum Gasteiger partial charge on any atom is 0.263 e. The summed E-state index contributed by atoms with van der Waals surface area (Å²) >= 11 is 1.33. The van der Waals surface area contributed by atoms with E-state index < -0.39 is 0 Å². The van der Waals surface area contributed by atoms with Crippen molar-refractivity contribution in [1.29, 1.82) is 0 Å². The van der Waals surface area contributed by atoms with Crippen molar-refractivity contribution >= 4 is 17.2 Å². The van der Waals surface area contributed by atoms with Crippen molar-refractivity contribution < 1.29 is 4.79 Å². The van der Waals surface area contributed by atoms with Gasteiger partial charge in [0.05, 0.1) is 11.7 Å². The van der Waals surface area contributed by atoms with E-state index in [1.807, 2.05) is 12.1 Å². The van der Waals surface area contributed by atoms with Crippen LogP contribution in [0.1, 0.15) is 15.2 Å². The molecule has 4 nitrogen and oxygen atoms in total. The van der Waals surface area contributed by atoms with E-state index in [0.717, 1.165) is 5.56 Å². The molecule has 1 amide bonds. The molecule has 5 heteroatoms. The van der Waals surface area contributed by atoms with Crippen molar-refractivity contribution in [2.24, 2.45) is 0 Å². The highest BCUT2D eigenvalue weighted by Crippen LogP contribution is 2.05. The second kappa shape index (κ2) is 4.65. The monoisotopic (exact) mass is 219 g/mol. The van der Waals surface area contributed by atoms with E-state index >= 15 is 0 Å². The van der Waals surface area contributed by atoms with Gasteiger partial charge in [-0.1, -0.05) is 0 Å². The number of amides is 1. The predicted molar refractivity (Wildman–Crippen MR) is 57.5 cm³/mol. The molecule has 76 valence electrons. The summed E-state index contributed by atoms with van der Waals surface area (Å²) in [4.78, 5) is 19.9. The van der Waals surface area contributed by atoms with E-state index in [2.05, 4.69) is 15.3 Å². The lowest BCUT2D eigenvalue weighted by atomic mass is 10.3. The second-order valence-corrected chi connectivity index (χ2v) is 3.79. The van der Waals surface area contributed by atoms with Crippen LogP contribution < -0.4 is 5.32 Å². The first-order valence-electron chi connectivity index (χ1n) is 4.42. The molecule has 0 radical (unpaired) electrons. The van der Waals surface area contributed by atoms with Gasteiger partial charge >= 0.3 is 0 Å². The molecule has 2 aromatic heterocycles. The molecule has 0 aliphatic heterocycles. The minimum Gasteiger partial charge on any atom is -0.347 e. The van der Waals surface area contributed by atoms with E-state index in [0.29, 0.717) is 11.4 Å². The van der Waals surface area contributed by atoms with Crippen molar-refractivity contribution in [1.82, 2.24) is 15.3 Å². The van der Waals surface area contributed by atoms with Crippen LogP contribution in [0.3, 0.4) is 0 Å². The molecule has 0 saturated heterocycles. The molecule has 0 unspecified atom stereocenters. The van der Waals surface area contributed by atoms with Gasteiger partial charge in [-0.05, 0) is 17.7 Å². The fourth-order valence-electron chi connectivity index (χ4n) is 1.10. The molecule has 0 aromatic carbocycles. The molecule has 0 fully saturated rings. The van der Waals surface area contributed by atoms with Gasteiger partial charge in [-0.2, -0.15) is 0 Å². The molecule has 0 spiro atoms. The van der Waals surface area contributed by atoms with Crippen LogP contribution in [0.4, 0.5) is 0 Å². The molecular weight excluding hydrogens is 210 g/mol. The molecule has 0 atom stereocenters. The second-order valence-electron chi connectivity index (χ2n) is 2.90. The van der Waals surface area contributed by atoms with Gasteiger partial charge in [0, 0.05) is 18.9 Å². The SMILES string of the molecule is O=C(NCc1ccncc1)c1cncs1. The van der Waals surface area contributed by atoms with Crippen LogP contribution in [0.5, 0.6) is 0 Å². The zero-order valence-corrected chi connectivity index (χ0v) is 8.70. The molecular formula is C10H9N3OS. The minimum absolute atomic E-state index is 0.0886. The quantitative estimate of drug-likeness (QED) is 0.850. The summed E-state index contributed by atoms with van der Waals surface area (Å²) < 4.78 is 0. The number of nitrogens with zero attached hydrogens (tertiary/aromatic N) is 2. The molecule has 15 heavy (non-hydrogen) atoms. The normalized spacial score (nSPS) is 9.87.